The van der Waals surface area contributed by atoms with E-state index >= 15 is 0 Å². The first kappa shape index (κ1) is 16.0. The molecule has 0 aromatic carbocycles. The van der Waals surface area contributed by atoms with Crippen LogP contribution in [0.5, 0.6) is 0 Å². The molecule has 2 rings (SSSR count). The van der Waals surface area contributed by atoms with Crippen LogP contribution < -0.4 is 0 Å². The van der Waals surface area contributed by atoms with Crippen LogP contribution in [0.15, 0.2) is 33.9 Å². The van der Waals surface area contributed by atoms with E-state index in [2.05, 4.69) is 10.1 Å². The third kappa shape index (κ3) is 4.08. The van der Waals surface area contributed by atoms with Crippen LogP contribution in [0, 0.1) is 6.92 Å². The van der Waals surface area contributed by atoms with Gasteiger partial charge in [-0.05, 0) is 19.1 Å². The lowest BCUT2D eigenvalue weighted by atomic mass is 10.2. The standard InChI is InChI=1S/C14H15N3O4S/c1-9-6-10(16-21-9)8-22-13-11(4-3-5-15-13)14(20)17(2)7-12(18)19/h3-6H,7-8H2,1-2H3,(H,18,19). The average Bonchev–Trinajstić information content (AvgIpc) is 2.89. The number of carboxylic acids is 1. The SMILES string of the molecule is Cc1cc(CSc2ncccc2C(=O)N(C)CC(=O)O)no1. The van der Waals surface area contributed by atoms with Crippen molar-refractivity contribution in [1.29, 1.82) is 0 Å². The predicted molar refractivity (Wildman–Crippen MR) is 79.6 cm³/mol. The van der Waals surface area contributed by atoms with Gasteiger partial charge in [0.1, 0.15) is 17.3 Å². The fourth-order valence-corrected chi connectivity index (χ4v) is 2.64. The molecule has 0 aliphatic heterocycles. The molecule has 0 aliphatic rings. The zero-order chi connectivity index (χ0) is 16.1. The van der Waals surface area contributed by atoms with E-state index < -0.39 is 5.97 Å². The van der Waals surface area contributed by atoms with E-state index in [0.717, 1.165) is 10.6 Å². The molecule has 2 aromatic rings. The summed E-state index contributed by atoms with van der Waals surface area (Å²) >= 11 is 1.35. The summed E-state index contributed by atoms with van der Waals surface area (Å²) in [6.45, 7) is 1.44. The number of aromatic nitrogens is 2. The van der Waals surface area contributed by atoms with Crippen LogP contribution >= 0.6 is 11.8 Å². The van der Waals surface area contributed by atoms with Gasteiger partial charge in [-0.3, -0.25) is 9.59 Å². The van der Waals surface area contributed by atoms with Gasteiger partial charge < -0.3 is 14.5 Å². The second-order valence-electron chi connectivity index (χ2n) is 4.63. The Hall–Kier alpha value is -2.35. The van der Waals surface area contributed by atoms with Gasteiger partial charge in [-0.2, -0.15) is 0 Å². The molecule has 1 amide bonds. The largest absolute Gasteiger partial charge is 0.480 e. The van der Waals surface area contributed by atoms with Crippen LogP contribution in [0.1, 0.15) is 21.8 Å². The van der Waals surface area contributed by atoms with Gasteiger partial charge in [0, 0.05) is 25.1 Å². The van der Waals surface area contributed by atoms with Crippen molar-refractivity contribution in [1.82, 2.24) is 15.0 Å². The highest BCUT2D eigenvalue weighted by atomic mass is 32.2. The summed E-state index contributed by atoms with van der Waals surface area (Å²) in [5.74, 6) is -0.215. The quantitative estimate of drug-likeness (QED) is 0.811. The van der Waals surface area contributed by atoms with Crippen LogP contribution in [0.3, 0.4) is 0 Å². The molecule has 2 heterocycles. The first-order valence-electron chi connectivity index (χ1n) is 6.44. The summed E-state index contributed by atoms with van der Waals surface area (Å²) < 4.78 is 4.99. The normalized spacial score (nSPS) is 10.5. The van der Waals surface area contributed by atoms with Gasteiger partial charge in [-0.25, -0.2) is 4.98 Å². The number of rotatable bonds is 6. The molecule has 0 bridgehead atoms. The monoisotopic (exact) mass is 321 g/mol. The zero-order valence-electron chi connectivity index (χ0n) is 12.1. The van der Waals surface area contributed by atoms with Gasteiger partial charge in [0.15, 0.2) is 0 Å². The van der Waals surface area contributed by atoms with Crippen molar-refractivity contribution < 1.29 is 19.2 Å². The molecular formula is C14H15N3O4S. The van der Waals surface area contributed by atoms with Crippen molar-refractivity contribution in [2.45, 2.75) is 17.7 Å². The Morgan fingerprint density at radius 1 is 1.45 bits per heavy atom. The van der Waals surface area contributed by atoms with Crippen LogP contribution in [-0.2, 0) is 10.5 Å². The Morgan fingerprint density at radius 3 is 2.86 bits per heavy atom. The minimum absolute atomic E-state index is 0.361. The van der Waals surface area contributed by atoms with Crippen molar-refractivity contribution >= 4 is 23.6 Å². The minimum Gasteiger partial charge on any atom is -0.480 e. The molecule has 1 N–H and O–H groups in total. The Bertz CT molecular complexity index is 686. The van der Waals surface area contributed by atoms with E-state index in [1.807, 2.05) is 6.07 Å². The number of aryl methyl sites for hydroxylation is 1. The van der Waals surface area contributed by atoms with Gasteiger partial charge >= 0.3 is 5.97 Å². The molecule has 22 heavy (non-hydrogen) atoms. The Morgan fingerprint density at radius 2 is 2.23 bits per heavy atom. The zero-order valence-corrected chi connectivity index (χ0v) is 13.0. The first-order chi connectivity index (χ1) is 10.5. The minimum atomic E-state index is -1.06. The maximum absolute atomic E-state index is 12.3. The fraction of sp³-hybridized carbons (Fsp3) is 0.286. The Labute approximate surface area is 131 Å². The van der Waals surface area contributed by atoms with Crippen LogP contribution in [0.2, 0.25) is 0 Å². The number of hydrogen-bond donors (Lipinski definition) is 1. The van der Waals surface area contributed by atoms with E-state index in [0.29, 0.717) is 22.1 Å². The summed E-state index contributed by atoms with van der Waals surface area (Å²) in [5.41, 5.74) is 1.13. The molecular weight excluding hydrogens is 306 g/mol. The fourth-order valence-electron chi connectivity index (χ4n) is 1.78. The van der Waals surface area contributed by atoms with Crippen LogP contribution in [0.4, 0.5) is 0 Å². The van der Waals surface area contributed by atoms with Crippen molar-refractivity contribution in [2.75, 3.05) is 13.6 Å². The highest BCUT2D eigenvalue weighted by Gasteiger charge is 2.19. The van der Waals surface area contributed by atoms with E-state index in [1.165, 1.54) is 18.8 Å². The molecule has 0 saturated heterocycles. The number of carbonyl (C=O) groups excluding carboxylic acids is 1. The number of likely N-dealkylation sites (N-methyl/N-ethyl adjacent to an activating group) is 1. The van der Waals surface area contributed by atoms with Crippen molar-refractivity contribution in [2.24, 2.45) is 0 Å². The molecule has 0 unspecified atom stereocenters. The first-order valence-corrected chi connectivity index (χ1v) is 7.43. The predicted octanol–water partition coefficient (Wildman–Crippen LogP) is 1.83. The molecule has 0 fully saturated rings. The second kappa shape index (κ2) is 7.08. The van der Waals surface area contributed by atoms with Gasteiger partial charge in [0.05, 0.1) is 11.3 Å². The lowest BCUT2D eigenvalue weighted by Crippen LogP contribution is -2.32. The average molecular weight is 321 g/mol. The molecule has 0 aliphatic carbocycles. The third-order valence-corrected chi connectivity index (χ3v) is 3.79. The maximum Gasteiger partial charge on any atom is 0.323 e. The van der Waals surface area contributed by atoms with Crippen LogP contribution in [0.25, 0.3) is 0 Å². The number of aliphatic carboxylic acids is 1. The summed E-state index contributed by atoms with van der Waals surface area (Å²) in [5, 5.41) is 13.2. The molecule has 116 valence electrons. The lowest BCUT2D eigenvalue weighted by Gasteiger charge is -2.16. The smallest absolute Gasteiger partial charge is 0.323 e. The third-order valence-electron chi connectivity index (χ3n) is 2.75. The Kier molecular flexibility index (Phi) is 5.16. The molecule has 8 heteroatoms. The second-order valence-corrected chi connectivity index (χ2v) is 5.59. The summed E-state index contributed by atoms with van der Waals surface area (Å²) in [7, 11) is 1.44. The molecule has 0 spiro atoms. The molecule has 7 nitrogen and oxygen atoms in total. The number of pyridine rings is 1. The number of carbonyl (C=O) groups is 2. The van der Waals surface area contributed by atoms with E-state index in [4.69, 9.17) is 9.63 Å². The number of carboxylic acid groups (broad SMARTS) is 1. The van der Waals surface area contributed by atoms with E-state index in [9.17, 15) is 9.59 Å². The highest BCUT2D eigenvalue weighted by Crippen LogP contribution is 2.24. The van der Waals surface area contributed by atoms with E-state index in [-0.39, 0.29) is 12.5 Å². The van der Waals surface area contributed by atoms with Gasteiger partial charge in [0.2, 0.25) is 0 Å². The molecule has 0 radical (unpaired) electrons. The van der Waals surface area contributed by atoms with Crippen LogP contribution in [-0.4, -0.2) is 45.6 Å². The van der Waals surface area contributed by atoms with Crippen molar-refractivity contribution in [3.05, 3.63) is 41.4 Å². The van der Waals surface area contributed by atoms with Crippen molar-refractivity contribution in [3.8, 4) is 0 Å². The topological polar surface area (TPSA) is 96.5 Å². The molecule has 0 saturated carbocycles. The van der Waals surface area contributed by atoms with Crippen molar-refractivity contribution in [3.63, 3.8) is 0 Å². The summed E-state index contributed by atoms with van der Waals surface area (Å²) in [6, 6.07) is 5.09. The van der Waals surface area contributed by atoms with E-state index in [1.54, 1.807) is 25.3 Å². The maximum atomic E-state index is 12.3. The number of nitrogens with zero attached hydrogens (tertiary/aromatic N) is 3. The number of hydrogen-bond acceptors (Lipinski definition) is 6. The molecule has 2 aromatic heterocycles. The highest BCUT2D eigenvalue weighted by molar-refractivity contribution is 7.98. The molecule has 0 atom stereocenters. The summed E-state index contributed by atoms with van der Waals surface area (Å²) in [4.78, 5) is 28.3. The number of amides is 1. The number of thioether (sulfide) groups is 1. The lowest BCUT2D eigenvalue weighted by molar-refractivity contribution is -0.137. The van der Waals surface area contributed by atoms with Gasteiger partial charge in [-0.15, -0.1) is 0 Å². The van der Waals surface area contributed by atoms with Gasteiger partial charge in [-0.1, -0.05) is 16.9 Å². The Balaban J connectivity index is 2.12. The van der Waals surface area contributed by atoms with Gasteiger partial charge in [0.25, 0.3) is 5.91 Å². The summed E-state index contributed by atoms with van der Waals surface area (Å²) in [6.07, 6.45) is 1.59.